The molecule has 0 bridgehead atoms. The fraction of sp³-hybridized carbons (Fsp3) is 0.727. The van der Waals surface area contributed by atoms with Crippen molar-refractivity contribution in [3.05, 3.63) is 18.2 Å². The van der Waals surface area contributed by atoms with Crippen LogP contribution in [0.1, 0.15) is 44.3 Å². The van der Waals surface area contributed by atoms with Crippen LogP contribution in [0.15, 0.2) is 12.5 Å². The summed E-state index contributed by atoms with van der Waals surface area (Å²) in [6, 6.07) is 0.0962. The molecule has 1 atom stereocenters. The van der Waals surface area contributed by atoms with Crippen LogP contribution in [0.2, 0.25) is 0 Å². The molecule has 2 rings (SSSR count). The summed E-state index contributed by atoms with van der Waals surface area (Å²) in [6.07, 6.45) is 9.34. The van der Waals surface area contributed by atoms with E-state index in [1.165, 1.54) is 25.7 Å². The van der Waals surface area contributed by atoms with Crippen molar-refractivity contribution in [2.45, 2.75) is 45.2 Å². The summed E-state index contributed by atoms with van der Waals surface area (Å²) in [5.41, 5.74) is 7.04. The van der Waals surface area contributed by atoms with E-state index in [1.807, 2.05) is 19.4 Å². The van der Waals surface area contributed by atoms with E-state index in [-0.39, 0.29) is 6.04 Å². The lowest BCUT2D eigenvalue weighted by molar-refractivity contribution is 0.443. The van der Waals surface area contributed by atoms with Gasteiger partial charge in [-0.15, -0.1) is 0 Å². The topological polar surface area (TPSA) is 43.8 Å². The van der Waals surface area contributed by atoms with Gasteiger partial charge in [-0.3, -0.25) is 0 Å². The zero-order chi connectivity index (χ0) is 9.97. The average molecular weight is 193 g/mol. The third-order valence-corrected chi connectivity index (χ3v) is 3.14. The molecular weight excluding hydrogens is 174 g/mol. The van der Waals surface area contributed by atoms with E-state index in [0.29, 0.717) is 0 Å². The van der Waals surface area contributed by atoms with Crippen LogP contribution in [0.5, 0.6) is 0 Å². The van der Waals surface area contributed by atoms with Crippen molar-refractivity contribution in [2.24, 2.45) is 11.7 Å². The van der Waals surface area contributed by atoms with Gasteiger partial charge in [-0.05, 0) is 25.7 Å². The maximum atomic E-state index is 5.87. The van der Waals surface area contributed by atoms with Crippen LogP contribution in [0, 0.1) is 5.92 Å². The maximum absolute atomic E-state index is 5.87. The molecule has 0 aliphatic heterocycles. The first-order valence-electron chi connectivity index (χ1n) is 5.53. The lowest BCUT2D eigenvalue weighted by Gasteiger charge is -2.14. The zero-order valence-electron chi connectivity index (χ0n) is 8.82. The van der Waals surface area contributed by atoms with E-state index < -0.39 is 0 Å². The molecule has 78 valence electrons. The van der Waals surface area contributed by atoms with Gasteiger partial charge in [-0.1, -0.05) is 12.8 Å². The maximum Gasteiger partial charge on any atom is 0.0948 e. The number of rotatable bonds is 3. The third-order valence-electron chi connectivity index (χ3n) is 3.14. The van der Waals surface area contributed by atoms with E-state index in [9.17, 15) is 0 Å². The number of nitrogens with two attached hydrogens (primary N) is 1. The molecule has 0 radical (unpaired) electrons. The highest BCUT2D eigenvalue weighted by molar-refractivity contribution is 5.03. The molecule has 1 fully saturated rings. The summed E-state index contributed by atoms with van der Waals surface area (Å²) in [4.78, 5) is 4.17. The number of aromatic nitrogens is 2. The van der Waals surface area contributed by atoms with Crippen molar-refractivity contribution in [2.75, 3.05) is 0 Å². The van der Waals surface area contributed by atoms with E-state index in [2.05, 4.69) is 9.55 Å². The molecule has 1 aliphatic carbocycles. The summed E-state index contributed by atoms with van der Waals surface area (Å²) >= 11 is 0. The van der Waals surface area contributed by atoms with Crippen molar-refractivity contribution < 1.29 is 0 Å². The second-order valence-corrected chi connectivity index (χ2v) is 4.41. The Morgan fingerprint density at radius 3 is 2.93 bits per heavy atom. The van der Waals surface area contributed by atoms with E-state index in [1.54, 1.807) is 0 Å². The van der Waals surface area contributed by atoms with Crippen molar-refractivity contribution in [1.29, 1.82) is 0 Å². The molecule has 0 spiro atoms. The van der Waals surface area contributed by atoms with Crippen molar-refractivity contribution in [3.8, 4) is 0 Å². The normalized spacial score (nSPS) is 20.1. The lowest BCUT2D eigenvalue weighted by atomic mass is 10.1. The lowest BCUT2D eigenvalue weighted by Crippen LogP contribution is -2.15. The van der Waals surface area contributed by atoms with Gasteiger partial charge in [0.1, 0.15) is 0 Å². The second-order valence-electron chi connectivity index (χ2n) is 4.41. The Kier molecular flexibility index (Phi) is 2.87. The predicted molar refractivity (Wildman–Crippen MR) is 56.8 cm³/mol. The van der Waals surface area contributed by atoms with Gasteiger partial charge < -0.3 is 10.3 Å². The highest BCUT2D eigenvalue weighted by atomic mass is 15.1. The Balaban J connectivity index is 2.04. The monoisotopic (exact) mass is 193 g/mol. The van der Waals surface area contributed by atoms with Crippen molar-refractivity contribution in [1.82, 2.24) is 9.55 Å². The Hall–Kier alpha value is -0.830. The van der Waals surface area contributed by atoms with Crippen molar-refractivity contribution in [3.63, 3.8) is 0 Å². The summed E-state index contributed by atoms with van der Waals surface area (Å²) < 4.78 is 2.22. The Labute approximate surface area is 85.3 Å². The molecule has 0 saturated heterocycles. The minimum atomic E-state index is 0.0962. The highest BCUT2D eigenvalue weighted by Crippen LogP contribution is 2.26. The molecule has 0 amide bonds. The van der Waals surface area contributed by atoms with Crippen LogP contribution >= 0.6 is 0 Å². The van der Waals surface area contributed by atoms with Gasteiger partial charge in [-0.2, -0.15) is 0 Å². The number of hydrogen-bond donors (Lipinski definition) is 1. The Bertz CT molecular complexity index is 284. The van der Waals surface area contributed by atoms with E-state index in [0.717, 1.165) is 18.2 Å². The van der Waals surface area contributed by atoms with E-state index in [4.69, 9.17) is 5.73 Å². The zero-order valence-corrected chi connectivity index (χ0v) is 8.82. The third kappa shape index (κ3) is 1.98. The van der Waals surface area contributed by atoms with Crippen LogP contribution in [-0.2, 0) is 6.54 Å². The molecule has 3 heteroatoms. The molecule has 1 saturated carbocycles. The van der Waals surface area contributed by atoms with Gasteiger partial charge in [0.2, 0.25) is 0 Å². The first-order valence-corrected chi connectivity index (χ1v) is 5.53. The van der Waals surface area contributed by atoms with E-state index >= 15 is 0 Å². The van der Waals surface area contributed by atoms with Crippen LogP contribution < -0.4 is 5.73 Å². The molecule has 1 aliphatic rings. The minimum Gasteiger partial charge on any atom is -0.333 e. The molecular formula is C11H19N3. The van der Waals surface area contributed by atoms with Crippen LogP contribution in [0.4, 0.5) is 0 Å². The summed E-state index contributed by atoms with van der Waals surface area (Å²) in [6.45, 7) is 3.12. The van der Waals surface area contributed by atoms with Crippen LogP contribution in [0.3, 0.4) is 0 Å². The SMILES string of the molecule is C[C@@H](N)c1cncn1CC1CCCC1. The standard InChI is InChI=1S/C11H19N3/c1-9(12)11-6-13-8-14(11)7-10-4-2-3-5-10/h6,8-10H,2-5,7,12H2,1H3/t9-/m1/s1. The fourth-order valence-corrected chi connectivity index (χ4v) is 2.33. The molecule has 3 nitrogen and oxygen atoms in total. The van der Waals surface area contributed by atoms with Crippen molar-refractivity contribution >= 4 is 0 Å². The molecule has 1 aromatic heterocycles. The smallest absolute Gasteiger partial charge is 0.0948 e. The number of nitrogens with zero attached hydrogens (tertiary/aromatic N) is 2. The molecule has 2 N–H and O–H groups in total. The Morgan fingerprint density at radius 1 is 1.57 bits per heavy atom. The summed E-state index contributed by atoms with van der Waals surface area (Å²) in [5, 5.41) is 0. The van der Waals surface area contributed by atoms with Gasteiger partial charge in [0.05, 0.1) is 12.0 Å². The predicted octanol–water partition coefficient (Wildman–Crippen LogP) is 2.09. The second kappa shape index (κ2) is 4.13. The van der Waals surface area contributed by atoms with Gasteiger partial charge in [-0.25, -0.2) is 4.98 Å². The minimum absolute atomic E-state index is 0.0962. The summed E-state index contributed by atoms with van der Waals surface area (Å²) in [7, 11) is 0. The first kappa shape index (κ1) is 9.71. The molecule has 1 aromatic rings. The highest BCUT2D eigenvalue weighted by Gasteiger charge is 2.17. The summed E-state index contributed by atoms with van der Waals surface area (Å²) in [5.74, 6) is 0.849. The van der Waals surface area contributed by atoms with Gasteiger partial charge in [0.15, 0.2) is 0 Å². The number of hydrogen-bond acceptors (Lipinski definition) is 2. The quantitative estimate of drug-likeness (QED) is 0.798. The molecule has 0 unspecified atom stereocenters. The fourth-order valence-electron chi connectivity index (χ4n) is 2.33. The Morgan fingerprint density at radius 2 is 2.29 bits per heavy atom. The average Bonchev–Trinajstić information content (AvgIpc) is 2.75. The van der Waals surface area contributed by atoms with Gasteiger partial charge in [0, 0.05) is 18.8 Å². The first-order chi connectivity index (χ1) is 6.77. The molecule has 0 aromatic carbocycles. The number of imidazole rings is 1. The van der Waals surface area contributed by atoms with Crippen LogP contribution in [-0.4, -0.2) is 9.55 Å². The largest absolute Gasteiger partial charge is 0.333 e. The van der Waals surface area contributed by atoms with Gasteiger partial charge >= 0.3 is 0 Å². The molecule has 14 heavy (non-hydrogen) atoms. The molecule has 1 heterocycles. The van der Waals surface area contributed by atoms with Crippen LogP contribution in [0.25, 0.3) is 0 Å². The van der Waals surface area contributed by atoms with Gasteiger partial charge in [0.25, 0.3) is 0 Å².